The van der Waals surface area contributed by atoms with Gasteiger partial charge < -0.3 is 14.6 Å². The van der Waals surface area contributed by atoms with Crippen LogP contribution < -0.4 is 0 Å². The van der Waals surface area contributed by atoms with Gasteiger partial charge in [-0.2, -0.15) is 0 Å². The van der Waals surface area contributed by atoms with Crippen molar-refractivity contribution in [2.24, 2.45) is 5.41 Å². The standard InChI is InChI=1S/C15H20O3/c1-3-7-13-15(2,10-16)11-17-14(18-13)12-8-5-4-6-9-12/h3-6,8-9,13-14,16H,1,7,10-11H2,2H3/t13-,14+,15+/m1/s1. The fraction of sp³-hybridized carbons (Fsp3) is 0.467. The third-order valence-corrected chi connectivity index (χ3v) is 3.44. The molecular formula is C15H20O3. The molecule has 0 amide bonds. The molecule has 1 aliphatic rings. The summed E-state index contributed by atoms with van der Waals surface area (Å²) in [7, 11) is 0. The van der Waals surface area contributed by atoms with Crippen molar-refractivity contribution in [2.75, 3.05) is 13.2 Å². The van der Waals surface area contributed by atoms with E-state index in [2.05, 4.69) is 6.58 Å². The van der Waals surface area contributed by atoms with E-state index in [9.17, 15) is 5.11 Å². The molecule has 0 radical (unpaired) electrons. The molecule has 0 spiro atoms. The van der Waals surface area contributed by atoms with Crippen molar-refractivity contribution in [1.82, 2.24) is 0 Å². The largest absolute Gasteiger partial charge is 0.396 e. The van der Waals surface area contributed by atoms with E-state index in [0.717, 1.165) is 5.56 Å². The number of aliphatic hydroxyl groups is 1. The molecule has 18 heavy (non-hydrogen) atoms. The van der Waals surface area contributed by atoms with E-state index in [4.69, 9.17) is 9.47 Å². The lowest BCUT2D eigenvalue weighted by Gasteiger charge is -2.43. The smallest absolute Gasteiger partial charge is 0.184 e. The van der Waals surface area contributed by atoms with Crippen molar-refractivity contribution in [3.63, 3.8) is 0 Å². The van der Waals surface area contributed by atoms with Crippen LogP contribution in [0.4, 0.5) is 0 Å². The van der Waals surface area contributed by atoms with Crippen LogP contribution in [-0.2, 0) is 9.47 Å². The van der Waals surface area contributed by atoms with E-state index in [0.29, 0.717) is 13.0 Å². The lowest BCUT2D eigenvalue weighted by molar-refractivity contribution is -0.273. The second-order valence-electron chi connectivity index (χ2n) is 5.01. The van der Waals surface area contributed by atoms with Crippen LogP contribution in [0.15, 0.2) is 43.0 Å². The summed E-state index contributed by atoms with van der Waals surface area (Å²) in [6.45, 7) is 6.26. The van der Waals surface area contributed by atoms with Crippen LogP contribution in [0.2, 0.25) is 0 Å². The fourth-order valence-electron chi connectivity index (χ4n) is 2.14. The molecule has 0 unspecified atom stereocenters. The Balaban J connectivity index is 2.13. The summed E-state index contributed by atoms with van der Waals surface area (Å²) in [5.74, 6) is 0. The third-order valence-electron chi connectivity index (χ3n) is 3.44. The molecule has 1 fully saturated rings. The minimum atomic E-state index is -0.362. The van der Waals surface area contributed by atoms with Crippen molar-refractivity contribution in [1.29, 1.82) is 0 Å². The quantitative estimate of drug-likeness (QED) is 0.833. The molecule has 1 aliphatic heterocycles. The van der Waals surface area contributed by atoms with Crippen LogP contribution in [0.3, 0.4) is 0 Å². The normalized spacial score (nSPS) is 32.1. The zero-order valence-corrected chi connectivity index (χ0v) is 10.7. The van der Waals surface area contributed by atoms with E-state index in [1.165, 1.54) is 0 Å². The van der Waals surface area contributed by atoms with Crippen molar-refractivity contribution >= 4 is 0 Å². The lowest BCUT2D eigenvalue weighted by atomic mass is 9.83. The Kier molecular flexibility index (Phi) is 4.17. The van der Waals surface area contributed by atoms with Crippen LogP contribution in [0.5, 0.6) is 0 Å². The Morgan fingerprint density at radius 3 is 2.78 bits per heavy atom. The fourth-order valence-corrected chi connectivity index (χ4v) is 2.14. The van der Waals surface area contributed by atoms with Crippen LogP contribution in [0.1, 0.15) is 25.2 Å². The van der Waals surface area contributed by atoms with Gasteiger partial charge in [0.2, 0.25) is 0 Å². The second-order valence-corrected chi connectivity index (χ2v) is 5.01. The highest BCUT2D eigenvalue weighted by molar-refractivity contribution is 5.16. The Morgan fingerprint density at radius 1 is 1.44 bits per heavy atom. The lowest BCUT2D eigenvalue weighted by Crippen LogP contribution is -2.46. The summed E-state index contributed by atoms with van der Waals surface area (Å²) in [4.78, 5) is 0. The predicted molar refractivity (Wildman–Crippen MR) is 70.0 cm³/mol. The molecule has 3 heteroatoms. The molecule has 0 aliphatic carbocycles. The van der Waals surface area contributed by atoms with Gasteiger partial charge in [0.1, 0.15) is 0 Å². The molecule has 1 aromatic carbocycles. The van der Waals surface area contributed by atoms with E-state index < -0.39 is 0 Å². The van der Waals surface area contributed by atoms with Gasteiger partial charge in [0.05, 0.1) is 19.3 Å². The summed E-state index contributed by atoms with van der Waals surface area (Å²) < 4.78 is 11.7. The summed E-state index contributed by atoms with van der Waals surface area (Å²) in [5, 5.41) is 9.51. The number of aliphatic hydroxyl groups excluding tert-OH is 1. The minimum absolute atomic E-state index is 0.0486. The minimum Gasteiger partial charge on any atom is -0.396 e. The third kappa shape index (κ3) is 2.64. The Morgan fingerprint density at radius 2 is 2.17 bits per heavy atom. The molecule has 0 bridgehead atoms. The molecule has 98 valence electrons. The second kappa shape index (κ2) is 5.65. The highest BCUT2D eigenvalue weighted by atomic mass is 16.7. The molecule has 3 nitrogen and oxygen atoms in total. The maximum Gasteiger partial charge on any atom is 0.184 e. The van der Waals surface area contributed by atoms with Gasteiger partial charge in [0, 0.05) is 11.0 Å². The number of hydrogen-bond donors (Lipinski definition) is 1. The van der Waals surface area contributed by atoms with Crippen LogP contribution in [0.25, 0.3) is 0 Å². The van der Waals surface area contributed by atoms with E-state index >= 15 is 0 Å². The van der Waals surface area contributed by atoms with Crippen LogP contribution in [0, 0.1) is 5.41 Å². The van der Waals surface area contributed by atoms with E-state index in [-0.39, 0.29) is 24.4 Å². The molecule has 1 aromatic rings. The van der Waals surface area contributed by atoms with E-state index in [1.54, 1.807) is 0 Å². The summed E-state index contributed by atoms with van der Waals surface area (Å²) >= 11 is 0. The van der Waals surface area contributed by atoms with Gasteiger partial charge in [0.25, 0.3) is 0 Å². The molecule has 1 saturated heterocycles. The zero-order chi connectivity index (χ0) is 13.0. The molecule has 0 saturated carbocycles. The van der Waals surface area contributed by atoms with Gasteiger partial charge >= 0.3 is 0 Å². The Labute approximate surface area is 108 Å². The highest BCUT2D eigenvalue weighted by Crippen LogP contribution is 2.37. The maximum atomic E-state index is 9.51. The van der Waals surface area contributed by atoms with Crippen LogP contribution in [-0.4, -0.2) is 24.4 Å². The molecule has 2 rings (SSSR count). The first-order valence-electron chi connectivity index (χ1n) is 6.23. The average Bonchev–Trinajstić information content (AvgIpc) is 2.42. The van der Waals surface area contributed by atoms with Crippen molar-refractivity contribution in [3.8, 4) is 0 Å². The van der Waals surface area contributed by atoms with Gasteiger partial charge in [0.15, 0.2) is 6.29 Å². The molecular weight excluding hydrogens is 228 g/mol. The maximum absolute atomic E-state index is 9.51. The topological polar surface area (TPSA) is 38.7 Å². The summed E-state index contributed by atoms with van der Waals surface area (Å²) in [6.07, 6.45) is 2.12. The number of ether oxygens (including phenoxy) is 2. The predicted octanol–water partition coefficient (Wildman–Crippen LogP) is 2.68. The monoisotopic (exact) mass is 248 g/mol. The SMILES string of the molecule is C=CC[C@H]1O[C@@H](c2ccccc2)OC[C@]1(C)CO. The summed E-state index contributed by atoms with van der Waals surface area (Å²) in [6, 6.07) is 9.86. The first-order chi connectivity index (χ1) is 8.69. The van der Waals surface area contributed by atoms with E-state index in [1.807, 2.05) is 43.3 Å². The summed E-state index contributed by atoms with van der Waals surface area (Å²) in [5.41, 5.74) is 0.644. The van der Waals surface area contributed by atoms with Gasteiger partial charge in [-0.3, -0.25) is 0 Å². The Hall–Kier alpha value is -1.16. The van der Waals surface area contributed by atoms with Crippen molar-refractivity contribution < 1.29 is 14.6 Å². The first-order valence-corrected chi connectivity index (χ1v) is 6.23. The van der Waals surface area contributed by atoms with Gasteiger partial charge in [-0.25, -0.2) is 0 Å². The van der Waals surface area contributed by atoms with Gasteiger partial charge in [-0.1, -0.05) is 43.3 Å². The highest BCUT2D eigenvalue weighted by Gasteiger charge is 2.41. The Bertz CT molecular complexity index is 390. The number of rotatable bonds is 4. The van der Waals surface area contributed by atoms with Crippen molar-refractivity contribution in [2.45, 2.75) is 25.7 Å². The van der Waals surface area contributed by atoms with Crippen molar-refractivity contribution in [3.05, 3.63) is 48.6 Å². The van der Waals surface area contributed by atoms with Gasteiger partial charge in [-0.15, -0.1) is 6.58 Å². The molecule has 1 N–H and O–H groups in total. The molecule has 3 atom stereocenters. The zero-order valence-electron chi connectivity index (χ0n) is 10.7. The van der Waals surface area contributed by atoms with Gasteiger partial charge in [-0.05, 0) is 6.42 Å². The molecule has 0 aromatic heterocycles. The molecule has 1 heterocycles. The average molecular weight is 248 g/mol. The number of benzene rings is 1. The number of hydrogen-bond acceptors (Lipinski definition) is 3. The first kappa shape index (κ1) is 13.3. The van der Waals surface area contributed by atoms with Crippen LogP contribution >= 0.6 is 0 Å².